The number of hydrogen-bond donors (Lipinski definition) is 3. The summed E-state index contributed by atoms with van der Waals surface area (Å²) in [5.74, 6) is -1.72. The molecule has 0 radical (unpaired) electrons. The fourth-order valence-corrected chi connectivity index (χ4v) is 4.99. The largest absolute Gasteiger partial charge is 0.479 e. The third-order valence-electron chi connectivity index (χ3n) is 6.63. The molecule has 1 aliphatic heterocycles. The van der Waals surface area contributed by atoms with Crippen molar-refractivity contribution in [3.63, 3.8) is 0 Å². The summed E-state index contributed by atoms with van der Waals surface area (Å²) in [5.41, 5.74) is 4.57. The SMILES string of the molecule is CC(C)CC(CNC(=O)OCC1c2ccccc2-c2ccccc21)C(=O)N[C@@H]1CCO[C@@H]1C(=O)O. The molecule has 2 aliphatic rings. The molecule has 2 aromatic rings. The van der Waals surface area contributed by atoms with Gasteiger partial charge in [-0.3, -0.25) is 4.79 Å². The van der Waals surface area contributed by atoms with Crippen LogP contribution in [0.3, 0.4) is 0 Å². The second-order valence-electron chi connectivity index (χ2n) is 9.57. The molecule has 1 aliphatic carbocycles. The number of carbonyl (C=O) groups excluding carboxylic acids is 2. The minimum atomic E-state index is -1.09. The number of fused-ring (bicyclic) bond motifs is 3. The van der Waals surface area contributed by atoms with Crippen molar-refractivity contribution < 1.29 is 29.0 Å². The molecule has 186 valence electrons. The van der Waals surface area contributed by atoms with Crippen molar-refractivity contribution in [1.82, 2.24) is 10.6 Å². The lowest BCUT2D eigenvalue weighted by molar-refractivity contribution is -0.148. The number of rotatable bonds is 9. The van der Waals surface area contributed by atoms with Crippen LogP contribution in [0.4, 0.5) is 4.79 Å². The molecule has 2 aromatic carbocycles. The van der Waals surface area contributed by atoms with Crippen LogP contribution in [0, 0.1) is 11.8 Å². The van der Waals surface area contributed by atoms with Gasteiger partial charge in [0.05, 0.1) is 12.0 Å². The average molecular weight is 481 g/mol. The monoisotopic (exact) mass is 480 g/mol. The van der Waals surface area contributed by atoms with Crippen molar-refractivity contribution in [3.05, 3.63) is 59.7 Å². The van der Waals surface area contributed by atoms with E-state index >= 15 is 0 Å². The number of nitrogens with one attached hydrogen (secondary N) is 2. The molecule has 1 unspecified atom stereocenters. The lowest BCUT2D eigenvalue weighted by Gasteiger charge is -2.23. The number of alkyl carbamates (subject to hydrolysis) is 1. The van der Waals surface area contributed by atoms with Crippen molar-refractivity contribution in [3.8, 4) is 11.1 Å². The summed E-state index contributed by atoms with van der Waals surface area (Å²) in [5, 5.41) is 14.8. The predicted molar refractivity (Wildman–Crippen MR) is 130 cm³/mol. The Morgan fingerprint density at radius 2 is 1.69 bits per heavy atom. The maximum Gasteiger partial charge on any atom is 0.407 e. The van der Waals surface area contributed by atoms with E-state index in [1.807, 2.05) is 38.1 Å². The van der Waals surface area contributed by atoms with Gasteiger partial charge in [-0.2, -0.15) is 0 Å². The number of carboxylic acids is 1. The minimum Gasteiger partial charge on any atom is -0.479 e. The quantitative estimate of drug-likeness (QED) is 0.506. The van der Waals surface area contributed by atoms with Crippen LogP contribution < -0.4 is 10.6 Å². The molecule has 0 aromatic heterocycles. The summed E-state index contributed by atoms with van der Waals surface area (Å²) in [6, 6.07) is 15.7. The highest BCUT2D eigenvalue weighted by Gasteiger charge is 2.36. The number of benzene rings is 2. The second kappa shape index (κ2) is 10.9. The highest BCUT2D eigenvalue weighted by Crippen LogP contribution is 2.44. The van der Waals surface area contributed by atoms with Gasteiger partial charge in [0.2, 0.25) is 5.91 Å². The van der Waals surface area contributed by atoms with Crippen molar-refractivity contribution >= 4 is 18.0 Å². The molecule has 1 saturated heterocycles. The Kier molecular flexibility index (Phi) is 7.70. The van der Waals surface area contributed by atoms with Gasteiger partial charge in [0.1, 0.15) is 6.61 Å². The molecule has 0 bridgehead atoms. The second-order valence-corrected chi connectivity index (χ2v) is 9.57. The van der Waals surface area contributed by atoms with E-state index < -0.39 is 30.1 Å². The summed E-state index contributed by atoms with van der Waals surface area (Å²) >= 11 is 0. The lowest BCUT2D eigenvalue weighted by Crippen LogP contribution is -2.48. The number of amides is 2. The summed E-state index contributed by atoms with van der Waals surface area (Å²) in [6.07, 6.45) is -0.646. The van der Waals surface area contributed by atoms with E-state index in [1.165, 1.54) is 0 Å². The molecule has 0 spiro atoms. The van der Waals surface area contributed by atoms with E-state index in [-0.39, 0.29) is 37.5 Å². The van der Waals surface area contributed by atoms with Crippen LogP contribution in [-0.2, 0) is 19.1 Å². The van der Waals surface area contributed by atoms with Crippen molar-refractivity contribution in [2.45, 2.75) is 44.8 Å². The first-order valence-electron chi connectivity index (χ1n) is 12.1. The summed E-state index contributed by atoms with van der Waals surface area (Å²) in [4.78, 5) is 36.8. The number of carbonyl (C=O) groups is 3. The third kappa shape index (κ3) is 5.65. The first-order valence-corrected chi connectivity index (χ1v) is 12.1. The van der Waals surface area contributed by atoms with Gasteiger partial charge >= 0.3 is 12.1 Å². The zero-order valence-electron chi connectivity index (χ0n) is 20.0. The van der Waals surface area contributed by atoms with Crippen LogP contribution in [0.2, 0.25) is 0 Å². The van der Waals surface area contributed by atoms with E-state index in [1.54, 1.807) is 0 Å². The van der Waals surface area contributed by atoms with Crippen molar-refractivity contribution in [2.75, 3.05) is 19.8 Å². The number of carboxylic acid groups (broad SMARTS) is 1. The first-order chi connectivity index (χ1) is 16.8. The molecule has 4 rings (SSSR count). The van der Waals surface area contributed by atoms with Crippen molar-refractivity contribution in [2.24, 2.45) is 11.8 Å². The van der Waals surface area contributed by atoms with E-state index in [4.69, 9.17) is 9.47 Å². The highest BCUT2D eigenvalue weighted by atomic mass is 16.5. The minimum absolute atomic E-state index is 0.0433. The molecular formula is C27H32N2O6. The van der Waals surface area contributed by atoms with Gasteiger partial charge in [-0.05, 0) is 41.0 Å². The maximum atomic E-state index is 12.9. The Labute approximate surface area is 205 Å². The topological polar surface area (TPSA) is 114 Å². The molecular weight excluding hydrogens is 448 g/mol. The van der Waals surface area contributed by atoms with Gasteiger partial charge in [0, 0.05) is 19.1 Å². The van der Waals surface area contributed by atoms with Gasteiger partial charge in [-0.15, -0.1) is 0 Å². The Morgan fingerprint density at radius 3 is 2.29 bits per heavy atom. The zero-order valence-corrected chi connectivity index (χ0v) is 20.0. The normalized spacial score (nSPS) is 19.6. The zero-order chi connectivity index (χ0) is 24.9. The summed E-state index contributed by atoms with van der Waals surface area (Å²) in [6.45, 7) is 4.57. The number of aliphatic carboxylic acids is 1. The average Bonchev–Trinajstić information content (AvgIpc) is 3.43. The predicted octanol–water partition coefficient (Wildman–Crippen LogP) is 3.55. The van der Waals surface area contributed by atoms with Gasteiger partial charge in [0.25, 0.3) is 0 Å². The van der Waals surface area contributed by atoms with E-state index in [2.05, 4.69) is 34.9 Å². The molecule has 35 heavy (non-hydrogen) atoms. The molecule has 8 heteroatoms. The Balaban J connectivity index is 1.34. The van der Waals surface area contributed by atoms with Crippen LogP contribution in [0.1, 0.15) is 43.7 Å². The van der Waals surface area contributed by atoms with E-state index in [0.717, 1.165) is 22.3 Å². The molecule has 0 saturated carbocycles. The van der Waals surface area contributed by atoms with E-state index in [0.29, 0.717) is 12.8 Å². The standard InChI is InChI=1S/C27H32N2O6/c1-16(2)13-17(25(30)29-23-11-12-34-24(23)26(31)32)14-28-27(33)35-15-22-20-9-5-3-7-18(20)19-8-4-6-10-21(19)22/h3-10,16-17,22-24H,11-15H2,1-2H3,(H,28,33)(H,29,30)(H,31,32)/t17?,23-,24+/m1/s1. The maximum absolute atomic E-state index is 12.9. The summed E-state index contributed by atoms with van der Waals surface area (Å²) in [7, 11) is 0. The van der Waals surface area contributed by atoms with E-state index in [9.17, 15) is 19.5 Å². The third-order valence-corrected chi connectivity index (χ3v) is 6.63. The molecule has 1 heterocycles. The first kappa shape index (κ1) is 24.7. The molecule has 8 nitrogen and oxygen atoms in total. The van der Waals surface area contributed by atoms with Gasteiger partial charge in [0.15, 0.2) is 6.10 Å². The molecule has 3 N–H and O–H groups in total. The van der Waals surface area contributed by atoms with Crippen LogP contribution in [0.25, 0.3) is 11.1 Å². The Bertz CT molecular complexity index is 1040. The smallest absolute Gasteiger partial charge is 0.407 e. The molecule has 3 atom stereocenters. The van der Waals surface area contributed by atoms with Crippen LogP contribution in [-0.4, -0.2) is 55.0 Å². The van der Waals surface area contributed by atoms with Gasteiger partial charge < -0.3 is 25.2 Å². The summed E-state index contributed by atoms with van der Waals surface area (Å²) < 4.78 is 10.8. The van der Waals surface area contributed by atoms with Crippen molar-refractivity contribution in [1.29, 1.82) is 0 Å². The Hall–Kier alpha value is -3.39. The molecule has 2 amide bonds. The number of ether oxygens (including phenoxy) is 2. The lowest BCUT2D eigenvalue weighted by atomic mass is 9.95. The van der Waals surface area contributed by atoms with Gasteiger partial charge in [-0.25, -0.2) is 9.59 Å². The van der Waals surface area contributed by atoms with Gasteiger partial charge in [-0.1, -0.05) is 62.4 Å². The highest BCUT2D eigenvalue weighted by molar-refractivity contribution is 5.82. The van der Waals surface area contributed by atoms with Crippen LogP contribution >= 0.6 is 0 Å². The molecule has 1 fully saturated rings. The Morgan fingerprint density at radius 1 is 1.06 bits per heavy atom. The van der Waals surface area contributed by atoms with Crippen LogP contribution in [0.5, 0.6) is 0 Å². The fraction of sp³-hybridized carbons (Fsp3) is 0.444. The fourth-order valence-electron chi connectivity index (χ4n) is 4.99. The number of hydrogen-bond acceptors (Lipinski definition) is 5. The van der Waals surface area contributed by atoms with Crippen LogP contribution in [0.15, 0.2) is 48.5 Å².